The molecule has 0 spiro atoms. The van der Waals surface area contributed by atoms with E-state index in [4.69, 9.17) is 10.8 Å². The van der Waals surface area contributed by atoms with Crippen molar-refractivity contribution >= 4 is 11.9 Å². The summed E-state index contributed by atoms with van der Waals surface area (Å²) in [6, 6.07) is -0.763. The maximum Gasteiger partial charge on any atom is 0.345 e. The number of hydrogen-bond acceptors (Lipinski definition) is 4. The first-order chi connectivity index (χ1) is 4.61. The molecule has 56 valence electrons. The quantitative estimate of drug-likeness (QED) is 0.448. The molecular formula is C5H7NO4. The number of aliphatic carboxylic acids is 1. The van der Waals surface area contributed by atoms with Crippen LogP contribution in [0.25, 0.3) is 0 Å². The number of carboxylic acid groups (broad SMARTS) is 1. The molecule has 0 aromatic carbocycles. The first-order valence-corrected chi connectivity index (χ1v) is 2.80. The lowest BCUT2D eigenvalue weighted by atomic mass is 10.2. The van der Waals surface area contributed by atoms with Crippen molar-refractivity contribution in [3.05, 3.63) is 0 Å². The van der Waals surface area contributed by atoms with Gasteiger partial charge in [-0.05, 0) is 0 Å². The van der Waals surface area contributed by atoms with Gasteiger partial charge in [-0.3, -0.25) is 4.79 Å². The van der Waals surface area contributed by atoms with Crippen LogP contribution in [0.4, 0.5) is 0 Å². The van der Waals surface area contributed by atoms with Gasteiger partial charge in [0.15, 0.2) is 0 Å². The van der Waals surface area contributed by atoms with Gasteiger partial charge in [-0.1, -0.05) is 0 Å². The Balaban J connectivity index is 2.57. The van der Waals surface area contributed by atoms with Crippen molar-refractivity contribution in [2.24, 2.45) is 5.73 Å². The minimum atomic E-state index is -1.14. The van der Waals surface area contributed by atoms with E-state index in [1.165, 1.54) is 0 Å². The average molecular weight is 145 g/mol. The summed E-state index contributed by atoms with van der Waals surface area (Å²) in [4.78, 5) is 20.6. The highest BCUT2D eigenvalue weighted by atomic mass is 16.6. The monoisotopic (exact) mass is 145 g/mol. The Morgan fingerprint density at radius 2 is 2.40 bits per heavy atom. The van der Waals surface area contributed by atoms with Crippen LogP contribution in [0.2, 0.25) is 0 Å². The van der Waals surface area contributed by atoms with E-state index in [0.29, 0.717) is 0 Å². The predicted molar refractivity (Wildman–Crippen MR) is 30.1 cm³/mol. The predicted octanol–water partition coefficient (Wildman–Crippen LogP) is -1.29. The fraction of sp³-hybridized carbons (Fsp3) is 0.600. The Bertz CT molecular complexity index is 178. The van der Waals surface area contributed by atoms with E-state index in [1.54, 1.807) is 0 Å². The second-order valence-corrected chi connectivity index (χ2v) is 2.11. The number of hydrogen-bond donors (Lipinski definition) is 2. The first kappa shape index (κ1) is 7.01. The zero-order valence-electron chi connectivity index (χ0n) is 5.11. The van der Waals surface area contributed by atoms with Gasteiger partial charge in [-0.25, -0.2) is 4.79 Å². The molecule has 1 heterocycles. The van der Waals surface area contributed by atoms with E-state index in [2.05, 4.69) is 4.74 Å². The molecule has 0 bridgehead atoms. The number of esters is 1. The number of nitrogens with two attached hydrogens (primary N) is 1. The maximum atomic E-state index is 10.5. The zero-order valence-corrected chi connectivity index (χ0v) is 5.11. The minimum Gasteiger partial charge on any atom is -0.479 e. The van der Waals surface area contributed by atoms with Gasteiger partial charge in [-0.15, -0.1) is 0 Å². The molecule has 0 radical (unpaired) electrons. The van der Waals surface area contributed by atoms with E-state index in [9.17, 15) is 9.59 Å². The number of carbonyl (C=O) groups is 2. The highest BCUT2D eigenvalue weighted by molar-refractivity contribution is 5.85. The van der Waals surface area contributed by atoms with Gasteiger partial charge in [0.05, 0.1) is 0 Å². The molecule has 1 saturated heterocycles. The van der Waals surface area contributed by atoms with Gasteiger partial charge in [0, 0.05) is 6.42 Å². The summed E-state index contributed by atoms with van der Waals surface area (Å²) >= 11 is 0. The Kier molecular flexibility index (Phi) is 1.58. The summed E-state index contributed by atoms with van der Waals surface area (Å²) in [6.45, 7) is 0. The van der Waals surface area contributed by atoms with Crippen molar-refractivity contribution in [3.8, 4) is 0 Å². The molecule has 0 amide bonds. The smallest absolute Gasteiger partial charge is 0.345 e. The third kappa shape index (κ3) is 1.08. The van der Waals surface area contributed by atoms with E-state index >= 15 is 0 Å². The van der Waals surface area contributed by atoms with Crippen molar-refractivity contribution in [1.29, 1.82) is 0 Å². The third-order valence-corrected chi connectivity index (χ3v) is 1.30. The van der Waals surface area contributed by atoms with Crippen molar-refractivity contribution in [3.63, 3.8) is 0 Å². The fourth-order valence-electron chi connectivity index (χ4n) is 0.754. The minimum absolute atomic E-state index is 0.0775. The lowest BCUT2D eigenvalue weighted by Crippen LogP contribution is -2.24. The molecule has 1 aliphatic heterocycles. The number of carboxylic acids is 1. The van der Waals surface area contributed by atoms with Gasteiger partial charge in [0.1, 0.15) is 6.04 Å². The molecule has 0 saturated carbocycles. The van der Waals surface area contributed by atoms with Crippen LogP contribution in [0, 0.1) is 0 Å². The van der Waals surface area contributed by atoms with Crippen LogP contribution in [0.15, 0.2) is 0 Å². The van der Waals surface area contributed by atoms with Crippen molar-refractivity contribution < 1.29 is 19.4 Å². The lowest BCUT2D eigenvalue weighted by molar-refractivity contribution is -0.157. The van der Waals surface area contributed by atoms with Gasteiger partial charge >= 0.3 is 11.9 Å². The van der Waals surface area contributed by atoms with Crippen molar-refractivity contribution in [2.75, 3.05) is 0 Å². The second-order valence-electron chi connectivity index (χ2n) is 2.11. The fourth-order valence-corrected chi connectivity index (χ4v) is 0.754. The highest BCUT2D eigenvalue weighted by Gasteiger charge is 2.35. The summed E-state index contributed by atoms with van der Waals surface area (Å²) in [5, 5.41) is 8.32. The van der Waals surface area contributed by atoms with Gasteiger partial charge in [0.2, 0.25) is 6.10 Å². The Morgan fingerprint density at radius 1 is 1.80 bits per heavy atom. The molecule has 5 heteroatoms. The number of carbonyl (C=O) groups excluding carboxylic acids is 1. The van der Waals surface area contributed by atoms with Gasteiger partial charge in [0.25, 0.3) is 0 Å². The molecule has 2 atom stereocenters. The Morgan fingerprint density at radius 3 is 2.60 bits per heavy atom. The normalized spacial score (nSPS) is 31.9. The van der Waals surface area contributed by atoms with Crippen LogP contribution in [0.5, 0.6) is 0 Å². The van der Waals surface area contributed by atoms with Gasteiger partial charge < -0.3 is 15.6 Å². The Hall–Kier alpha value is -1.10. The van der Waals surface area contributed by atoms with E-state index in [-0.39, 0.29) is 6.42 Å². The largest absolute Gasteiger partial charge is 0.479 e. The third-order valence-electron chi connectivity index (χ3n) is 1.30. The first-order valence-electron chi connectivity index (χ1n) is 2.80. The van der Waals surface area contributed by atoms with E-state index in [0.717, 1.165) is 0 Å². The molecule has 3 N–H and O–H groups in total. The zero-order chi connectivity index (χ0) is 7.72. The molecule has 5 nitrogen and oxygen atoms in total. The van der Waals surface area contributed by atoms with Crippen LogP contribution in [-0.4, -0.2) is 29.2 Å². The second kappa shape index (κ2) is 2.26. The van der Waals surface area contributed by atoms with Gasteiger partial charge in [-0.2, -0.15) is 0 Å². The summed E-state index contributed by atoms with van der Waals surface area (Å²) in [6.07, 6.45) is -0.962. The van der Waals surface area contributed by atoms with E-state index < -0.39 is 24.1 Å². The topological polar surface area (TPSA) is 89.6 Å². The molecule has 0 aromatic heterocycles. The molecular weight excluding hydrogens is 138 g/mol. The van der Waals surface area contributed by atoms with Crippen molar-refractivity contribution in [2.45, 2.75) is 18.6 Å². The summed E-state index contributed by atoms with van der Waals surface area (Å²) in [5.41, 5.74) is 5.17. The SMILES string of the molecule is NC1CC(C(=O)O)OC1=O. The van der Waals surface area contributed by atoms with Crippen LogP contribution in [0.3, 0.4) is 0 Å². The van der Waals surface area contributed by atoms with Crippen LogP contribution < -0.4 is 5.73 Å². The standard InChI is InChI=1S/C5H7NO4/c6-2-1-3(4(7)8)10-5(2)9/h2-3H,1,6H2,(H,7,8). The molecule has 1 aliphatic rings. The highest BCUT2D eigenvalue weighted by Crippen LogP contribution is 2.12. The van der Waals surface area contributed by atoms with Crippen LogP contribution in [0.1, 0.15) is 6.42 Å². The van der Waals surface area contributed by atoms with Crippen LogP contribution in [-0.2, 0) is 14.3 Å². The maximum absolute atomic E-state index is 10.5. The molecule has 1 fully saturated rings. The number of ether oxygens (including phenoxy) is 1. The lowest BCUT2D eigenvalue weighted by Gasteiger charge is -1.98. The molecule has 2 unspecified atom stereocenters. The van der Waals surface area contributed by atoms with E-state index in [1.807, 2.05) is 0 Å². The summed E-state index contributed by atoms with van der Waals surface area (Å²) < 4.78 is 4.37. The number of rotatable bonds is 1. The molecule has 0 aliphatic carbocycles. The summed E-state index contributed by atoms with van der Waals surface area (Å²) in [7, 11) is 0. The molecule has 1 rings (SSSR count). The number of cyclic esters (lactones) is 1. The average Bonchev–Trinajstić information content (AvgIpc) is 2.13. The molecule has 0 aromatic rings. The Labute approximate surface area is 56.8 Å². The molecule has 10 heavy (non-hydrogen) atoms. The summed E-state index contributed by atoms with van der Waals surface area (Å²) in [5.74, 6) is -1.77. The van der Waals surface area contributed by atoms with Crippen LogP contribution >= 0.6 is 0 Å². The van der Waals surface area contributed by atoms with Crippen molar-refractivity contribution in [1.82, 2.24) is 0 Å².